The predicted molar refractivity (Wildman–Crippen MR) is 136 cm³/mol. The Balaban J connectivity index is 1.42. The van der Waals surface area contributed by atoms with Gasteiger partial charge in [-0.3, -0.25) is 4.79 Å². The van der Waals surface area contributed by atoms with E-state index in [1.807, 2.05) is 48.7 Å². The maximum Gasteiger partial charge on any atom is 0.328 e. The lowest BCUT2D eigenvalue weighted by molar-refractivity contribution is -0.142. The minimum atomic E-state index is -0.934. The average molecular weight is 525 g/mol. The number of esters is 1. The molecule has 0 spiro atoms. The molecule has 1 amide bonds. The van der Waals surface area contributed by atoms with E-state index in [0.717, 1.165) is 22.8 Å². The number of halogens is 2. The van der Waals surface area contributed by atoms with Crippen LogP contribution < -0.4 is 10.6 Å². The first-order valence-electron chi connectivity index (χ1n) is 10.9. The maximum absolute atomic E-state index is 12.8. The third kappa shape index (κ3) is 6.18. The molecule has 11 heteroatoms. The van der Waals surface area contributed by atoms with Crippen LogP contribution in [0.2, 0.25) is 10.0 Å². The van der Waals surface area contributed by atoms with Crippen molar-refractivity contribution in [1.82, 2.24) is 25.3 Å². The van der Waals surface area contributed by atoms with Crippen LogP contribution in [0.15, 0.2) is 73.1 Å². The van der Waals surface area contributed by atoms with Gasteiger partial charge in [-0.15, -0.1) is 5.10 Å². The van der Waals surface area contributed by atoms with Crippen molar-refractivity contribution < 1.29 is 14.3 Å². The number of hydrogen-bond acceptors (Lipinski definition) is 7. The normalized spacial score (nSPS) is 11.5. The molecule has 4 aromatic rings. The number of pyridine rings is 1. The minimum absolute atomic E-state index is 0.101. The van der Waals surface area contributed by atoms with Gasteiger partial charge in [0.2, 0.25) is 0 Å². The van der Waals surface area contributed by atoms with Crippen LogP contribution in [0.25, 0.3) is 5.69 Å². The van der Waals surface area contributed by atoms with Crippen molar-refractivity contribution in [3.8, 4) is 5.69 Å². The average Bonchev–Trinajstić information content (AvgIpc) is 3.36. The van der Waals surface area contributed by atoms with E-state index < -0.39 is 17.9 Å². The van der Waals surface area contributed by atoms with Crippen molar-refractivity contribution in [3.63, 3.8) is 0 Å². The van der Waals surface area contributed by atoms with Crippen LogP contribution in [0.1, 0.15) is 21.6 Å². The SMILES string of the molecule is COC(=O)[C@H](Cc1ccc(-n2cc(CNc3ccccn3)nn2)cc1)NC(=O)c1c(Cl)cccc1Cl. The maximum atomic E-state index is 12.8. The Morgan fingerprint density at radius 1 is 1.03 bits per heavy atom. The predicted octanol–water partition coefficient (Wildman–Crippen LogP) is 4.10. The standard InChI is InChI=1S/C25H22Cl2N6O3/c1-36-25(35)21(30-24(34)23-19(26)5-4-6-20(23)27)13-16-8-10-18(11-9-16)33-15-17(31-32-33)14-29-22-7-2-3-12-28-22/h2-12,15,21H,13-14H2,1H3,(H,28,29)(H,30,34)/t21-/m0/s1. The second kappa shape index (κ2) is 11.7. The first-order chi connectivity index (χ1) is 17.4. The van der Waals surface area contributed by atoms with Crippen LogP contribution in [-0.4, -0.2) is 45.0 Å². The summed E-state index contributed by atoms with van der Waals surface area (Å²) in [5.41, 5.74) is 2.44. The second-order valence-corrected chi connectivity index (χ2v) is 8.55. The van der Waals surface area contributed by atoms with Crippen LogP contribution >= 0.6 is 23.2 Å². The van der Waals surface area contributed by atoms with Crippen LogP contribution in [0.4, 0.5) is 5.82 Å². The van der Waals surface area contributed by atoms with Gasteiger partial charge >= 0.3 is 5.97 Å². The van der Waals surface area contributed by atoms with Crippen molar-refractivity contribution in [2.75, 3.05) is 12.4 Å². The summed E-state index contributed by atoms with van der Waals surface area (Å²) >= 11 is 12.3. The van der Waals surface area contributed by atoms with Crippen molar-refractivity contribution >= 4 is 40.9 Å². The molecule has 0 radical (unpaired) electrons. The summed E-state index contributed by atoms with van der Waals surface area (Å²) in [6, 6.07) is 16.8. The Bertz CT molecular complexity index is 1330. The fourth-order valence-corrected chi connectivity index (χ4v) is 4.02. The molecule has 2 aromatic heterocycles. The lowest BCUT2D eigenvalue weighted by Crippen LogP contribution is -2.43. The van der Waals surface area contributed by atoms with Gasteiger partial charge in [0.05, 0.1) is 41.1 Å². The number of anilines is 1. The summed E-state index contributed by atoms with van der Waals surface area (Å²) in [6.07, 6.45) is 3.73. The van der Waals surface area contributed by atoms with Crippen molar-refractivity contribution in [3.05, 3.63) is 99.9 Å². The number of carbonyl (C=O) groups is 2. The molecule has 4 rings (SSSR count). The van der Waals surface area contributed by atoms with Crippen LogP contribution in [-0.2, 0) is 22.5 Å². The van der Waals surface area contributed by atoms with Crippen molar-refractivity contribution in [1.29, 1.82) is 0 Å². The molecular formula is C25H22Cl2N6O3. The number of ether oxygens (including phenoxy) is 1. The zero-order valence-electron chi connectivity index (χ0n) is 19.2. The Kier molecular flexibility index (Phi) is 8.14. The highest BCUT2D eigenvalue weighted by molar-refractivity contribution is 6.39. The van der Waals surface area contributed by atoms with E-state index >= 15 is 0 Å². The number of aromatic nitrogens is 4. The van der Waals surface area contributed by atoms with Crippen LogP contribution in [0, 0.1) is 0 Å². The molecule has 2 aromatic carbocycles. The van der Waals surface area contributed by atoms with Gasteiger partial charge in [-0.05, 0) is 42.0 Å². The fraction of sp³-hybridized carbons (Fsp3) is 0.160. The van der Waals surface area contributed by atoms with Crippen molar-refractivity contribution in [2.45, 2.75) is 19.0 Å². The Hall–Kier alpha value is -3.95. The monoisotopic (exact) mass is 524 g/mol. The third-order valence-corrected chi connectivity index (χ3v) is 5.91. The zero-order valence-corrected chi connectivity index (χ0v) is 20.7. The molecule has 0 saturated heterocycles. The number of nitrogens with one attached hydrogen (secondary N) is 2. The summed E-state index contributed by atoms with van der Waals surface area (Å²) in [7, 11) is 1.26. The zero-order chi connectivity index (χ0) is 25.5. The topological polar surface area (TPSA) is 111 Å². The van der Waals surface area contributed by atoms with Gasteiger partial charge < -0.3 is 15.4 Å². The number of nitrogens with zero attached hydrogens (tertiary/aromatic N) is 4. The number of rotatable bonds is 9. The molecule has 0 aliphatic carbocycles. The highest BCUT2D eigenvalue weighted by Crippen LogP contribution is 2.24. The lowest BCUT2D eigenvalue weighted by atomic mass is 10.0. The number of amides is 1. The van der Waals surface area contributed by atoms with Gasteiger partial charge in [0.15, 0.2) is 0 Å². The Morgan fingerprint density at radius 2 is 1.78 bits per heavy atom. The summed E-state index contributed by atoms with van der Waals surface area (Å²) in [4.78, 5) is 29.4. The van der Waals surface area contributed by atoms with E-state index in [0.29, 0.717) is 6.54 Å². The molecular weight excluding hydrogens is 503 g/mol. The molecule has 0 fully saturated rings. The molecule has 0 bridgehead atoms. The lowest BCUT2D eigenvalue weighted by Gasteiger charge is -2.18. The number of carbonyl (C=O) groups excluding carboxylic acids is 2. The minimum Gasteiger partial charge on any atom is -0.467 e. The molecule has 2 N–H and O–H groups in total. The summed E-state index contributed by atoms with van der Waals surface area (Å²) in [6.45, 7) is 0.477. The van der Waals surface area contributed by atoms with E-state index in [1.54, 1.807) is 29.1 Å². The summed E-state index contributed by atoms with van der Waals surface area (Å²) in [5.74, 6) is -0.399. The smallest absolute Gasteiger partial charge is 0.328 e. The van der Waals surface area contributed by atoms with E-state index in [9.17, 15) is 9.59 Å². The Morgan fingerprint density at radius 3 is 2.44 bits per heavy atom. The number of benzene rings is 2. The summed E-state index contributed by atoms with van der Waals surface area (Å²) in [5, 5.41) is 14.6. The van der Waals surface area contributed by atoms with Gasteiger partial charge in [0.25, 0.3) is 5.91 Å². The highest BCUT2D eigenvalue weighted by atomic mass is 35.5. The molecule has 1 atom stereocenters. The number of hydrogen-bond donors (Lipinski definition) is 2. The van der Waals surface area contributed by atoms with Crippen LogP contribution in [0.5, 0.6) is 0 Å². The van der Waals surface area contributed by atoms with E-state index in [-0.39, 0.29) is 22.0 Å². The van der Waals surface area contributed by atoms with Crippen LogP contribution in [0.3, 0.4) is 0 Å². The summed E-state index contributed by atoms with van der Waals surface area (Å²) < 4.78 is 6.53. The largest absolute Gasteiger partial charge is 0.467 e. The van der Waals surface area contributed by atoms with Gasteiger partial charge in [0.1, 0.15) is 17.6 Å². The molecule has 36 heavy (non-hydrogen) atoms. The number of methoxy groups -OCH3 is 1. The third-order valence-electron chi connectivity index (χ3n) is 5.28. The first-order valence-corrected chi connectivity index (χ1v) is 11.7. The molecule has 184 valence electrons. The molecule has 2 heterocycles. The molecule has 9 nitrogen and oxygen atoms in total. The van der Waals surface area contributed by atoms with E-state index in [1.165, 1.54) is 7.11 Å². The Labute approximate surface area is 217 Å². The molecule has 0 aliphatic rings. The fourth-order valence-electron chi connectivity index (χ4n) is 3.46. The highest BCUT2D eigenvalue weighted by Gasteiger charge is 2.25. The molecule has 0 saturated carbocycles. The van der Waals surface area contributed by atoms with Gasteiger partial charge in [0, 0.05) is 12.6 Å². The second-order valence-electron chi connectivity index (χ2n) is 7.74. The van der Waals surface area contributed by atoms with Gasteiger partial charge in [-0.25, -0.2) is 14.5 Å². The van der Waals surface area contributed by atoms with Gasteiger partial charge in [-0.1, -0.05) is 52.7 Å². The quantitative estimate of drug-likeness (QED) is 0.317. The van der Waals surface area contributed by atoms with E-state index in [2.05, 4.69) is 25.9 Å². The van der Waals surface area contributed by atoms with Gasteiger partial charge in [-0.2, -0.15) is 0 Å². The first kappa shape index (κ1) is 25.2. The molecule has 0 unspecified atom stereocenters. The van der Waals surface area contributed by atoms with E-state index in [4.69, 9.17) is 27.9 Å². The van der Waals surface area contributed by atoms with Crippen molar-refractivity contribution in [2.24, 2.45) is 0 Å². The molecule has 0 aliphatic heterocycles.